The maximum absolute atomic E-state index is 12.9. The van der Waals surface area contributed by atoms with Gasteiger partial charge in [-0.15, -0.1) is 0 Å². The van der Waals surface area contributed by atoms with Gasteiger partial charge in [-0.25, -0.2) is 4.79 Å². The number of benzene rings is 1. The molecule has 23 heavy (non-hydrogen) atoms. The number of carbonyl (C=O) groups excluding carboxylic acids is 2. The molecule has 5 nitrogen and oxygen atoms in total. The van der Waals surface area contributed by atoms with Crippen LogP contribution in [0.25, 0.3) is 5.57 Å². The van der Waals surface area contributed by atoms with E-state index in [0.717, 1.165) is 5.56 Å². The van der Waals surface area contributed by atoms with E-state index in [0.29, 0.717) is 5.57 Å². The lowest BCUT2D eigenvalue weighted by Gasteiger charge is -2.15. The van der Waals surface area contributed by atoms with Crippen molar-refractivity contribution < 1.29 is 14.3 Å². The second kappa shape index (κ2) is 8.78. The third kappa shape index (κ3) is 5.62. The molecule has 0 aromatic heterocycles. The van der Waals surface area contributed by atoms with Crippen LogP contribution in [0.15, 0.2) is 48.3 Å². The van der Waals surface area contributed by atoms with Crippen molar-refractivity contribution in [2.24, 2.45) is 0 Å². The summed E-state index contributed by atoms with van der Waals surface area (Å²) in [5.41, 5.74) is 1.20. The Morgan fingerprint density at radius 2 is 1.57 bits per heavy atom. The Morgan fingerprint density at radius 3 is 2.04 bits per heavy atom. The van der Waals surface area contributed by atoms with Gasteiger partial charge in [-0.1, -0.05) is 30.3 Å². The zero-order chi connectivity index (χ0) is 17.4. The van der Waals surface area contributed by atoms with Crippen LogP contribution in [-0.2, 0) is 14.3 Å². The Labute approximate surface area is 137 Å². The van der Waals surface area contributed by atoms with Crippen molar-refractivity contribution >= 4 is 17.3 Å². The van der Waals surface area contributed by atoms with Crippen LogP contribution in [0.1, 0.15) is 12.5 Å². The van der Waals surface area contributed by atoms with Crippen LogP contribution in [0, 0.1) is 0 Å². The SMILES string of the molecule is CCOC(=O)/C(=C\N(C)C)C(=O)/C(=C/N(C)C)c1ccccc1. The number of hydrogen-bond donors (Lipinski definition) is 0. The van der Waals surface area contributed by atoms with E-state index in [2.05, 4.69) is 0 Å². The molecule has 0 aliphatic rings. The Kier molecular flexibility index (Phi) is 7.06. The highest BCUT2D eigenvalue weighted by atomic mass is 16.5. The summed E-state index contributed by atoms with van der Waals surface area (Å²) in [6, 6.07) is 9.26. The average molecular weight is 316 g/mol. The van der Waals surface area contributed by atoms with E-state index >= 15 is 0 Å². The lowest BCUT2D eigenvalue weighted by molar-refractivity contribution is -0.139. The molecule has 1 aromatic rings. The fourth-order valence-corrected chi connectivity index (χ4v) is 1.96. The predicted octanol–water partition coefficient (Wildman–Crippen LogP) is 2.17. The molecule has 1 rings (SSSR count). The highest BCUT2D eigenvalue weighted by Crippen LogP contribution is 2.20. The molecule has 0 unspecified atom stereocenters. The van der Waals surface area contributed by atoms with E-state index in [4.69, 9.17) is 4.74 Å². The van der Waals surface area contributed by atoms with Crippen molar-refractivity contribution in [3.63, 3.8) is 0 Å². The average Bonchev–Trinajstić information content (AvgIpc) is 2.50. The largest absolute Gasteiger partial charge is 0.462 e. The number of nitrogens with zero attached hydrogens (tertiary/aromatic N) is 2. The summed E-state index contributed by atoms with van der Waals surface area (Å²) in [4.78, 5) is 28.5. The van der Waals surface area contributed by atoms with Crippen molar-refractivity contribution in [2.75, 3.05) is 34.8 Å². The first-order valence-electron chi connectivity index (χ1n) is 7.40. The molecule has 0 heterocycles. The molecule has 0 saturated heterocycles. The fraction of sp³-hybridized carbons (Fsp3) is 0.333. The molecule has 0 atom stereocenters. The Morgan fingerprint density at radius 1 is 1.00 bits per heavy atom. The third-order valence-corrected chi connectivity index (χ3v) is 2.84. The summed E-state index contributed by atoms with van der Waals surface area (Å²) < 4.78 is 5.02. The minimum Gasteiger partial charge on any atom is -0.462 e. The summed E-state index contributed by atoms with van der Waals surface area (Å²) in [5, 5.41) is 0. The number of esters is 1. The Hall–Kier alpha value is -2.56. The van der Waals surface area contributed by atoms with Gasteiger partial charge < -0.3 is 14.5 Å². The lowest BCUT2D eigenvalue weighted by atomic mass is 9.97. The first kappa shape index (κ1) is 18.5. The zero-order valence-corrected chi connectivity index (χ0v) is 14.4. The molecule has 0 radical (unpaired) electrons. The summed E-state index contributed by atoms with van der Waals surface area (Å²) in [6.07, 6.45) is 3.20. The van der Waals surface area contributed by atoms with Crippen molar-refractivity contribution in [3.05, 3.63) is 53.9 Å². The van der Waals surface area contributed by atoms with E-state index < -0.39 is 5.97 Å². The van der Waals surface area contributed by atoms with E-state index in [1.807, 2.05) is 44.4 Å². The second-order valence-corrected chi connectivity index (χ2v) is 5.43. The predicted molar refractivity (Wildman–Crippen MR) is 91.5 cm³/mol. The molecule has 0 amide bonds. The van der Waals surface area contributed by atoms with Gasteiger partial charge in [0.2, 0.25) is 5.78 Å². The van der Waals surface area contributed by atoms with Gasteiger partial charge in [-0.2, -0.15) is 0 Å². The molecular weight excluding hydrogens is 292 g/mol. The number of allylic oxidation sites excluding steroid dienone is 1. The minimum absolute atomic E-state index is 0.00815. The molecule has 0 aliphatic heterocycles. The molecule has 0 aliphatic carbocycles. The van der Waals surface area contributed by atoms with Crippen molar-refractivity contribution in [1.82, 2.24) is 9.80 Å². The number of ether oxygens (including phenoxy) is 1. The number of rotatable bonds is 7. The fourth-order valence-electron chi connectivity index (χ4n) is 1.96. The van der Waals surface area contributed by atoms with Crippen molar-refractivity contribution in [2.45, 2.75) is 6.92 Å². The lowest BCUT2D eigenvalue weighted by Crippen LogP contribution is -2.21. The van der Waals surface area contributed by atoms with Gasteiger partial charge in [0.05, 0.1) is 6.61 Å². The van der Waals surface area contributed by atoms with Crippen LogP contribution < -0.4 is 0 Å². The standard InChI is InChI=1S/C18H24N2O3/c1-6-23-18(22)16(13-20(4)5)17(21)15(12-19(2)3)14-10-8-7-9-11-14/h7-13H,6H2,1-5H3/b15-12+,16-13-. The minimum atomic E-state index is -0.619. The first-order valence-corrected chi connectivity index (χ1v) is 7.40. The second-order valence-electron chi connectivity index (χ2n) is 5.43. The molecule has 0 saturated carbocycles. The van der Waals surface area contributed by atoms with Crippen LogP contribution in [0.4, 0.5) is 0 Å². The van der Waals surface area contributed by atoms with Crippen LogP contribution in [0.2, 0.25) is 0 Å². The van der Waals surface area contributed by atoms with Crippen LogP contribution in [0.3, 0.4) is 0 Å². The van der Waals surface area contributed by atoms with E-state index in [-0.39, 0.29) is 18.0 Å². The maximum atomic E-state index is 12.9. The molecule has 124 valence electrons. The highest BCUT2D eigenvalue weighted by Gasteiger charge is 2.24. The maximum Gasteiger partial charge on any atom is 0.343 e. The number of carbonyl (C=O) groups is 2. The van der Waals surface area contributed by atoms with Gasteiger partial charge >= 0.3 is 5.97 Å². The van der Waals surface area contributed by atoms with Gasteiger partial charge in [0.1, 0.15) is 5.57 Å². The molecular formula is C18H24N2O3. The molecule has 5 heteroatoms. The van der Waals surface area contributed by atoms with Crippen LogP contribution in [0.5, 0.6) is 0 Å². The van der Waals surface area contributed by atoms with Gasteiger partial charge in [0.25, 0.3) is 0 Å². The normalized spacial score (nSPS) is 11.9. The van der Waals surface area contributed by atoms with Crippen LogP contribution in [-0.4, -0.2) is 56.3 Å². The zero-order valence-electron chi connectivity index (χ0n) is 14.4. The van der Waals surface area contributed by atoms with E-state index in [1.165, 1.54) is 6.20 Å². The van der Waals surface area contributed by atoms with E-state index in [9.17, 15) is 9.59 Å². The quantitative estimate of drug-likeness (QED) is 0.334. The highest BCUT2D eigenvalue weighted by molar-refractivity contribution is 6.36. The number of hydrogen-bond acceptors (Lipinski definition) is 5. The summed E-state index contributed by atoms with van der Waals surface area (Å²) in [5.74, 6) is -0.983. The summed E-state index contributed by atoms with van der Waals surface area (Å²) >= 11 is 0. The van der Waals surface area contributed by atoms with Gasteiger partial charge in [0.15, 0.2) is 0 Å². The molecule has 1 aromatic carbocycles. The van der Waals surface area contributed by atoms with Gasteiger partial charge in [0, 0.05) is 46.2 Å². The molecule has 0 N–H and O–H groups in total. The van der Waals surface area contributed by atoms with Crippen LogP contribution >= 0.6 is 0 Å². The summed E-state index contributed by atoms with van der Waals surface area (Å²) in [7, 11) is 7.17. The Bertz CT molecular complexity index is 602. The van der Waals surface area contributed by atoms with E-state index in [1.54, 1.807) is 37.0 Å². The molecule has 0 fully saturated rings. The number of Topliss-reactive ketones (excluding diaryl/α,β-unsaturated/α-hetero) is 1. The van der Waals surface area contributed by atoms with Gasteiger partial charge in [-0.05, 0) is 12.5 Å². The monoisotopic (exact) mass is 316 g/mol. The third-order valence-electron chi connectivity index (χ3n) is 2.84. The smallest absolute Gasteiger partial charge is 0.343 e. The molecule has 0 bridgehead atoms. The van der Waals surface area contributed by atoms with Crippen molar-refractivity contribution in [1.29, 1.82) is 0 Å². The van der Waals surface area contributed by atoms with Gasteiger partial charge in [-0.3, -0.25) is 4.79 Å². The first-order chi connectivity index (χ1) is 10.9. The van der Waals surface area contributed by atoms with Crippen molar-refractivity contribution in [3.8, 4) is 0 Å². The summed E-state index contributed by atoms with van der Waals surface area (Å²) in [6.45, 7) is 1.93. The molecule has 0 spiro atoms. The topological polar surface area (TPSA) is 49.9 Å². The Balaban J connectivity index is 3.33. The number of ketones is 1.